The van der Waals surface area contributed by atoms with Gasteiger partial charge in [-0.1, -0.05) is 49.8 Å². The molecule has 0 bridgehead atoms. The van der Waals surface area contributed by atoms with E-state index in [4.69, 9.17) is 9.47 Å². The van der Waals surface area contributed by atoms with Crippen LogP contribution in [0.3, 0.4) is 0 Å². The zero-order valence-corrected chi connectivity index (χ0v) is 15.4. The van der Waals surface area contributed by atoms with E-state index in [-0.39, 0.29) is 18.4 Å². The van der Waals surface area contributed by atoms with Crippen molar-refractivity contribution in [2.45, 2.75) is 59.9 Å². The summed E-state index contributed by atoms with van der Waals surface area (Å²) in [6.45, 7) is 10.6. The molecule has 0 aliphatic rings. The maximum absolute atomic E-state index is 12.0. The molecule has 4 nitrogen and oxygen atoms in total. The van der Waals surface area contributed by atoms with Crippen molar-refractivity contribution >= 4 is 5.97 Å². The molecule has 1 N–H and O–H groups in total. The highest BCUT2D eigenvalue weighted by atomic mass is 16.6. The largest absolute Gasteiger partial charge is 0.460 e. The lowest BCUT2D eigenvalue weighted by atomic mass is 10.0. The first-order chi connectivity index (χ1) is 11.3. The van der Waals surface area contributed by atoms with Gasteiger partial charge >= 0.3 is 5.97 Å². The highest BCUT2D eigenvalue weighted by Crippen LogP contribution is 2.15. The molecule has 0 saturated heterocycles. The van der Waals surface area contributed by atoms with Gasteiger partial charge in [-0.05, 0) is 37.8 Å². The molecule has 2 atom stereocenters. The van der Waals surface area contributed by atoms with E-state index in [9.17, 15) is 9.90 Å². The quantitative estimate of drug-likeness (QED) is 0.550. The standard InChI is InChI=1S/C20H30O4/c1-14(2)16(5)24-20(22)19(21)11-18(15(3)4)13-23-12-17-9-7-6-8-10-17/h6-10,14,16,19,21H,11-13H2,1-5H3. The molecule has 0 fully saturated rings. The van der Waals surface area contributed by atoms with Gasteiger partial charge in [0.15, 0.2) is 6.10 Å². The zero-order chi connectivity index (χ0) is 18.1. The Morgan fingerprint density at radius 1 is 1.12 bits per heavy atom. The first kappa shape index (κ1) is 20.4. The van der Waals surface area contributed by atoms with Gasteiger partial charge in [0.1, 0.15) is 6.10 Å². The third kappa shape index (κ3) is 7.28. The van der Waals surface area contributed by atoms with Gasteiger partial charge in [0.2, 0.25) is 0 Å². The van der Waals surface area contributed by atoms with Crippen LogP contribution in [0.4, 0.5) is 0 Å². The molecule has 0 spiro atoms. The van der Waals surface area contributed by atoms with Crippen molar-refractivity contribution in [2.75, 3.05) is 6.61 Å². The van der Waals surface area contributed by atoms with Gasteiger partial charge in [-0.15, -0.1) is 0 Å². The summed E-state index contributed by atoms with van der Waals surface area (Å²) in [5.74, 6) is -0.351. The third-order valence-corrected chi connectivity index (χ3v) is 4.05. The van der Waals surface area contributed by atoms with Gasteiger partial charge in [0.05, 0.1) is 13.2 Å². The highest BCUT2D eigenvalue weighted by molar-refractivity contribution is 5.75. The first-order valence-corrected chi connectivity index (χ1v) is 8.46. The van der Waals surface area contributed by atoms with E-state index in [1.165, 1.54) is 0 Å². The molecule has 0 aliphatic carbocycles. The molecule has 0 radical (unpaired) electrons. The topological polar surface area (TPSA) is 55.8 Å². The van der Waals surface area contributed by atoms with Crippen LogP contribution < -0.4 is 0 Å². The van der Waals surface area contributed by atoms with Gasteiger partial charge in [-0.3, -0.25) is 0 Å². The lowest BCUT2D eigenvalue weighted by Crippen LogP contribution is -2.30. The minimum Gasteiger partial charge on any atom is -0.460 e. The van der Waals surface area contributed by atoms with Crippen LogP contribution >= 0.6 is 0 Å². The first-order valence-electron chi connectivity index (χ1n) is 8.46. The number of benzene rings is 1. The van der Waals surface area contributed by atoms with Crippen molar-refractivity contribution < 1.29 is 19.4 Å². The number of aliphatic hydroxyl groups is 1. The average Bonchev–Trinajstić information content (AvgIpc) is 2.54. The van der Waals surface area contributed by atoms with Crippen molar-refractivity contribution in [3.63, 3.8) is 0 Å². The Hall–Kier alpha value is -1.65. The van der Waals surface area contributed by atoms with Gasteiger partial charge in [-0.2, -0.15) is 0 Å². The normalized spacial score (nSPS) is 13.5. The predicted molar refractivity (Wildman–Crippen MR) is 95.5 cm³/mol. The molecule has 2 unspecified atom stereocenters. The van der Waals surface area contributed by atoms with Crippen molar-refractivity contribution in [2.24, 2.45) is 5.92 Å². The Balaban J connectivity index is 2.51. The number of hydrogen-bond acceptors (Lipinski definition) is 4. The van der Waals surface area contributed by atoms with Crippen LogP contribution in [0.5, 0.6) is 0 Å². The van der Waals surface area contributed by atoms with Crippen LogP contribution in [0.1, 0.15) is 46.6 Å². The lowest BCUT2D eigenvalue weighted by molar-refractivity contribution is -0.160. The van der Waals surface area contributed by atoms with Crippen LogP contribution in [0, 0.1) is 5.92 Å². The van der Waals surface area contributed by atoms with E-state index in [0.29, 0.717) is 13.2 Å². The van der Waals surface area contributed by atoms with Crippen LogP contribution in [-0.4, -0.2) is 29.9 Å². The Bertz CT molecular complexity index is 530. The van der Waals surface area contributed by atoms with Crippen molar-refractivity contribution in [1.82, 2.24) is 0 Å². The molecule has 4 heteroatoms. The summed E-state index contributed by atoms with van der Waals surface area (Å²) in [7, 11) is 0. The van der Waals surface area contributed by atoms with E-state index in [1.807, 2.05) is 65.0 Å². The molecular weight excluding hydrogens is 304 g/mol. The second-order valence-electron chi connectivity index (χ2n) is 6.69. The predicted octanol–water partition coefficient (Wildman–Crippen LogP) is 3.88. The Morgan fingerprint density at radius 3 is 2.29 bits per heavy atom. The molecular formula is C20H30O4. The molecule has 0 saturated carbocycles. The molecule has 0 aromatic heterocycles. The highest BCUT2D eigenvalue weighted by Gasteiger charge is 2.22. The van der Waals surface area contributed by atoms with E-state index >= 15 is 0 Å². The fourth-order valence-corrected chi connectivity index (χ4v) is 1.99. The molecule has 1 rings (SSSR count). The number of carbonyl (C=O) groups excluding carboxylic acids is 1. The van der Waals surface area contributed by atoms with Crippen LogP contribution in [-0.2, 0) is 20.9 Å². The zero-order valence-electron chi connectivity index (χ0n) is 15.4. The molecule has 1 aromatic carbocycles. The van der Waals surface area contributed by atoms with Crippen LogP contribution in [0.25, 0.3) is 0 Å². The number of ether oxygens (including phenoxy) is 2. The molecule has 1 aromatic rings. The molecule has 0 heterocycles. The summed E-state index contributed by atoms with van der Waals surface area (Å²) < 4.78 is 11.0. The van der Waals surface area contributed by atoms with E-state index in [1.54, 1.807) is 0 Å². The third-order valence-electron chi connectivity index (χ3n) is 4.05. The van der Waals surface area contributed by atoms with Gasteiger partial charge in [-0.25, -0.2) is 4.79 Å². The monoisotopic (exact) mass is 334 g/mol. The second-order valence-corrected chi connectivity index (χ2v) is 6.69. The van der Waals surface area contributed by atoms with E-state index < -0.39 is 12.1 Å². The average molecular weight is 334 g/mol. The fourth-order valence-electron chi connectivity index (χ4n) is 1.99. The smallest absolute Gasteiger partial charge is 0.335 e. The Labute approximate surface area is 145 Å². The Kier molecular flexibility index (Phi) is 8.72. The van der Waals surface area contributed by atoms with E-state index in [0.717, 1.165) is 16.7 Å². The fraction of sp³-hybridized carbons (Fsp3) is 0.550. The number of rotatable bonds is 9. The summed E-state index contributed by atoms with van der Waals surface area (Å²) in [6.07, 6.45) is -1.13. The molecule has 24 heavy (non-hydrogen) atoms. The van der Waals surface area contributed by atoms with Crippen molar-refractivity contribution in [3.8, 4) is 0 Å². The van der Waals surface area contributed by atoms with Crippen molar-refractivity contribution in [1.29, 1.82) is 0 Å². The Morgan fingerprint density at radius 2 is 1.75 bits per heavy atom. The van der Waals surface area contributed by atoms with Gasteiger partial charge in [0, 0.05) is 6.42 Å². The SMILES string of the molecule is CC(C)=C(COCc1ccccc1)CC(O)C(=O)OC(C)C(C)C. The number of aliphatic hydroxyl groups excluding tert-OH is 1. The number of carbonyl (C=O) groups is 1. The molecule has 0 amide bonds. The second kappa shape index (κ2) is 10.3. The molecule has 0 aliphatic heterocycles. The number of hydrogen-bond donors (Lipinski definition) is 1. The molecule has 134 valence electrons. The van der Waals surface area contributed by atoms with Gasteiger partial charge < -0.3 is 14.6 Å². The summed E-state index contributed by atoms with van der Waals surface area (Å²) >= 11 is 0. The van der Waals surface area contributed by atoms with E-state index in [2.05, 4.69) is 0 Å². The number of esters is 1. The minimum atomic E-state index is -1.16. The van der Waals surface area contributed by atoms with Crippen LogP contribution in [0.15, 0.2) is 41.5 Å². The maximum atomic E-state index is 12.0. The summed E-state index contributed by atoms with van der Waals surface area (Å²) in [6, 6.07) is 9.90. The van der Waals surface area contributed by atoms with Crippen molar-refractivity contribution in [3.05, 3.63) is 47.0 Å². The lowest BCUT2D eigenvalue weighted by Gasteiger charge is -2.20. The summed E-state index contributed by atoms with van der Waals surface area (Å²) in [4.78, 5) is 12.0. The van der Waals surface area contributed by atoms with Gasteiger partial charge in [0.25, 0.3) is 0 Å². The summed E-state index contributed by atoms with van der Waals surface area (Å²) in [5, 5.41) is 10.1. The van der Waals surface area contributed by atoms with Crippen LogP contribution in [0.2, 0.25) is 0 Å². The minimum absolute atomic E-state index is 0.211. The number of allylic oxidation sites excluding steroid dienone is 1. The maximum Gasteiger partial charge on any atom is 0.335 e. The summed E-state index contributed by atoms with van der Waals surface area (Å²) in [5.41, 5.74) is 3.07.